The Bertz CT molecular complexity index is 913. The molecule has 2 aromatic heterocycles. The molecular formula is C20H23N5O3S. The molecule has 0 amide bonds. The molecule has 0 saturated carbocycles. The van der Waals surface area contributed by atoms with Crippen LogP contribution in [0.5, 0.6) is 0 Å². The number of rotatable bonds is 10. The van der Waals surface area contributed by atoms with Crippen LogP contribution in [-0.4, -0.2) is 45.0 Å². The molecule has 0 saturated heterocycles. The van der Waals surface area contributed by atoms with Crippen molar-refractivity contribution in [1.82, 2.24) is 24.2 Å². The lowest BCUT2D eigenvalue weighted by atomic mass is 10.1. The van der Waals surface area contributed by atoms with Crippen LogP contribution < -0.4 is 5.32 Å². The first-order chi connectivity index (χ1) is 14.3. The molecule has 29 heavy (non-hydrogen) atoms. The van der Waals surface area contributed by atoms with Crippen molar-refractivity contribution in [2.75, 3.05) is 19.9 Å². The Morgan fingerprint density at radius 2 is 2.21 bits per heavy atom. The van der Waals surface area contributed by atoms with Gasteiger partial charge >= 0.3 is 0 Å². The van der Waals surface area contributed by atoms with E-state index in [2.05, 4.69) is 38.7 Å². The van der Waals surface area contributed by atoms with E-state index in [1.165, 1.54) is 17.1 Å². The molecule has 1 N–H and O–H groups in total. The van der Waals surface area contributed by atoms with E-state index in [4.69, 9.17) is 14.2 Å². The van der Waals surface area contributed by atoms with E-state index >= 15 is 0 Å². The largest absolute Gasteiger partial charge is 0.462 e. The van der Waals surface area contributed by atoms with Gasteiger partial charge in [0.25, 0.3) is 0 Å². The van der Waals surface area contributed by atoms with Crippen LogP contribution in [-0.2, 0) is 20.6 Å². The summed E-state index contributed by atoms with van der Waals surface area (Å²) in [6.07, 6.45) is 7.42. The molecule has 0 spiro atoms. The second kappa shape index (κ2) is 9.64. The van der Waals surface area contributed by atoms with Crippen LogP contribution >= 0.6 is 11.5 Å². The van der Waals surface area contributed by atoms with E-state index in [0.29, 0.717) is 19.1 Å². The first-order valence-electron chi connectivity index (χ1n) is 9.45. The molecule has 4 rings (SSSR count). The summed E-state index contributed by atoms with van der Waals surface area (Å²) in [4.78, 5) is 8.59. The maximum absolute atomic E-state index is 6.10. The lowest BCUT2D eigenvalue weighted by Crippen LogP contribution is -2.27. The summed E-state index contributed by atoms with van der Waals surface area (Å²) in [5.41, 5.74) is 1.19. The molecule has 3 aromatic rings. The number of hydrogen-bond acceptors (Lipinski definition) is 8. The fourth-order valence-corrected chi connectivity index (χ4v) is 3.61. The van der Waals surface area contributed by atoms with E-state index in [-0.39, 0.29) is 18.9 Å². The predicted octanol–water partition coefficient (Wildman–Crippen LogP) is 2.85. The molecule has 2 atom stereocenters. The summed E-state index contributed by atoms with van der Waals surface area (Å²) in [6, 6.07) is 10.3. The van der Waals surface area contributed by atoms with E-state index < -0.39 is 0 Å². The van der Waals surface area contributed by atoms with Gasteiger partial charge < -0.3 is 19.5 Å². The van der Waals surface area contributed by atoms with Gasteiger partial charge in [0.1, 0.15) is 23.7 Å². The number of hydrogen-bond donors (Lipinski definition) is 1. The van der Waals surface area contributed by atoms with Gasteiger partial charge in [-0.1, -0.05) is 30.3 Å². The predicted molar refractivity (Wildman–Crippen MR) is 108 cm³/mol. The molecule has 3 heterocycles. The molecule has 2 unspecified atom stereocenters. The van der Waals surface area contributed by atoms with Crippen molar-refractivity contribution >= 4 is 11.5 Å². The smallest absolute Gasteiger partial charge is 0.246 e. The average molecular weight is 414 g/mol. The van der Waals surface area contributed by atoms with Crippen molar-refractivity contribution < 1.29 is 14.2 Å². The van der Waals surface area contributed by atoms with E-state index in [1.54, 1.807) is 23.4 Å². The molecule has 1 aliphatic rings. The van der Waals surface area contributed by atoms with Crippen molar-refractivity contribution in [3.05, 3.63) is 71.6 Å². The zero-order valence-electron chi connectivity index (χ0n) is 16.1. The number of benzene rings is 1. The third kappa shape index (κ3) is 5.20. The summed E-state index contributed by atoms with van der Waals surface area (Å²) in [6.45, 7) is 3.53. The zero-order chi connectivity index (χ0) is 19.9. The van der Waals surface area contributed by atoms with Crippen LogP contribution in [0.1, 0.15) is 23.5 Å². The second-order valence-electron chi connectivity index (χ2n) is 6.58. The molecule has 0 aliphatic carbocycles. The minimum absolute atomic E-state index is 0.0752. The van der Waals surface area contributed by atoms with Gasteiger partial charge in [-0.15, -0.1) is 0 Å². The van der Waals surface area contributed by atoms with Gasteiger partial charge in [-0.05, 0) is 24.0 Å². The van der Waals surface area contributed by atoms with E-state index in [0.717, 1.165) is 17.2 Å². The van der Waals surface area contributed by atoms with Crippen LogP contribution in [0, 0.1) is 0 Å². The Morgan fingerprint density at radius 3 is 2.97 bits per heavy atom. The van der Waals surface area contributed by atoms with Gasteiger partial charge in [0, 0.05) is 25.4 Å². The van der Waals surface area contributed by atoms with Crippen molar-refractivity contribution in [1.29, 1.82) is 0 Å². The molecule has 0 radical (unpaired) electrons. The number of nitrogens with zero attached hydrogens (tertiary/aromatic N) is 4. The quantitative estimate of drug-likeness (QED) is 0.512. The van der Waals surface area contributed by atoms with Crippen molar-refractivity contribution in [2.24, 2.45) is 0 Å². The van der Waals surface area contributed by atoms with Gasteiger partial charge in [-0.25, -0.2) is 9.97 Å². The molecule has 1 aromatic carbocycles. The Kier molecular flexibility index (Phi) is 6.50. The van der Waals surface area contributed by atoms with Crippen LogP contribution in [0.4, 0.5) is 0 Å². The minimum atomic E-state index is -0.175. The summed E-state index contributed by atoms with van der Waals surface area (Å²) in [5, 5.41) is 4.35. The molecule has 1 aliphatic heterocycles. The van der Waals surface area contributed by atoms with Crippen LogP contribution in [0.3, 0.4) is 0 Å². The second-order valence-corrected chi connectivity index (χ2v) is 7.36. The summed E-state index contributed by atoms with van der Waals surface area (Å²) in [7, 11) is 0. The van der Waals surface area contributed by atoms with E-state index in [1.807, 2.05) is 24.4 Å². The number of ether oxygens (including phenoxy) is 3. The highest BCUT2D eigenvalue weighted by molar-refractivity contribution is 7.05. The van der Waals surface area contributed by atoms with Crippen molar-refractivity contribution in [3.63, 3.8) is 0 Å². The van der Waals surface area contributed by atoms with Crippen LogP contribution in [0.15, 0.2) is 61.1 Å². The SMILES string of the molecule is CC(NCCOC(Cc1ccccc1)C1=COCO1)c1nc(-n2ccnc2)ns1. The summed E-state index contributed by atoms with van der Waals surface area (Å²) in [5.74, 6) is 1.37. The molecule has 0 fully saturated rings. The first-order valence-corrected chi connectivity index (χ1v) is 10.2. The average Bonchev–Trinajstić information content (AvgIpc) is 3.51. The lowest BCUT2D eigenvalue weighted by molar-refractivity contribution is 0.0149. The molecule has 8 nitrogen and oxygen atoms in total. The maximum atomic E-state index is 6.10. The van der Waals surface area contributed by atoms with Crippen molar-refractivity contribution in [2.45, 2.75) is 25.5 Å². The summed E-state index contributed by atoms with van der Waals surface area (Å²) >= 11 is 1.38. The Hall–Kier alpha value is -2.75. The van der Waals surface area contributed by atoms with Gasteiger partial charge in [-0.3, -0.25) is 4.57 Å². The van der Waals surface area contributed by atoms with Gasteiger partial charge in [0.2, 0.25) is 12.7 Å². The normalized spacial score (nSPS) is 15.4. The maximum Gasteiger partial charge on any atom is 0.246 e. The topological polar surface area (TPSA) is 83.3 Å². The van der Waals surface area contributed by atoms with Crippen LogP contribution in [0.2, 0.25) is 0 Å². The van der Waals surface area contributed by atoms with E-state index in [9.17, 15) is 0 Å². The zero-order valence-corrected chi connectivity index (χ0v) is 16.9. The minimum Gasteiger partial charge on any atom is -0.462 e. The van der Waals surface area contributed by atoms with Gasteiger partial charge in [0.15, 0.2) is 5.76 Å². The lowest BCUT2D eigenvalue weighted by Gasteiger charge is -2.19. The fourth-order valence-electron chi connectivity index (χ4n) is 2.94. The third-order valence-corrected chi connectivity index (χ3v) is 5.37. The molecule has 0 bridgehead atoms. The highest BCUT2D eigenvalue weighted by Gasteiger charge is 2.21. The Balaban J connectivity index is 1.27. The Labute approximate surface area is 173 Å². The standard InChI is InChI=1S/C20H23N5O3S/c1-15(19-23-20(24-29-19)25-9-7-21-13-25)22-8-10-27-17(18-12-26-14-28-18)11-16-5-3-2-4-6-16/h2-7,9,12-13,15,17,22H,8,10-11,14H2,1H3. The Morgan fingerprint density at radius 1 is 1.31 bits per heavy atom. The van der Waals surface area contributed by atoms with Gasteiger partial charge in [0.05, 0.1) is 12.6 Å². The van der Waals surface area contributed by atoms with Crippen molar-refractivity contribution in [3.8, 4) is 5.95 Å². The number of imidazole rings is 1. The molecular weight excluding hydrogens is 390 g/mol. The highest BCUT2D eigenvalue weighted by Crippen LogP contribution is 2.19. The molecule has 152 valence electrons. The number of nitrogens with one attached hydrogen (secondary N) is 1. The third-order valence-electron chi connectivity index (χ3n) is 4.48. The van der Waals surface area contributed by atoms with Gasteiger partial charge in [-0.2, -0.15) is 4.37 Å². The molecule has 9 heteroatoms. The van der Waals surface area contributed by atoms with Crippen LogP contribution in [0.25, 0.3) is 5.95 Å². The highest BCUT2D eigenvalue weighted by atomic mass is 32.1. The summed E-state index contributed by atoms with van der Waals surface area (Å²) < 4.78 is 23.0. The monoisotopic (exact) mass is 413 g/mol. The number of aromatic nitrogens is 4. The fraction of sp³-hybridized carbons (Fsp3) is 0.350. The first kappa shape index (κ1) is 19.6.